The quantitative estimate of drug-likeness (QED) is 0.590. The van der Waals surface area contributed by atoms with E-state index in [9.17, 15) is 0 Å². The summed E-state index contributed by atoms with van der Waals surface area (Å²) in [5, 5.41) is 0. The Morgan fingerprint density at radius 3 is 0.800 bits per heavy atom. The normalized spacial score (nSPS) is 12.0. The first kappa shape index (κ1) is 5.88. The van der Waals surface area contributed by atoms with Crippen molar-refractivity contribution in [2.24, 2.45) is 0 Å². The summed E-state index contributed by atoms with van der Waals surface area (Å²) in [4.78, 5) is 0. The van der Waals surface area contributed by atoms with Crippen molar-refractivity contribution in [3.8, 4) is 0 Å². The molecule has 0 atom stereocenters. The van der Waals surface area contributed by atoms with Gasteiger partial charge in [-0.15, -0.1) is 0 Å². The summed E-state index contributed by atoms with van der Waals surface area (Å²) in [7, 11) is 0. The molecule has 0 bridgehead atoms. The second-order valence-corrected chi connectivity index (χ2v) is 23.5. The van der Waals surface area contributed by atoms with Gasteiger partial charge in [-0.05, 0) is 0 Å². The minimum atomic E-state index is -1.22. The summed E-state index contributed by atoms with van der Waals surface area (Å²) in [5.41, 5.74) is 0. The molecule has 0 aromatic carbocycles. The molecule has 1 heteroatoms. The van der Waals surface area contributed by atoms with E-state index < -0.39 is 20.3 Å². The first-order valence-electron chi connectivity index (χ1n) is 1.79. The van der Waals surface area contributed by atoms with Crippen molar-refractivity contribution in [2.45, 2.75) is 18.5 Å². The van der Waals surface area contributed by atoms with Crippen LogP contribution in [0.25, 0.3) is 0 Å². The molecule has 0 nitrogen and oxygen atoms in total. The van der Waals surface area contributed by atoms with E-state index in [4.69, 9.17) is 0 Å². The van der Waals surface area contributed by atoms with Gasteiger partial charge in [0.1, 0.15) is 0 Å². The van der Waals surface area contributed by atoms with Gasteiger partial charge >= 0.3 is 38.8 Å². The van der Waals surface area contributed by atoms with Crippen molar-refractivity contribution >= 4 is 20.3 Å². The summed E-state index contributed by atoms with van der Waals surface area (Å²) in [6.45, 7) is 0. The standard InChI is InChI=1S/4CH3.Bi/h4*1H3;. The predicted molar refractivity (Wildman–Crippen MR) is 29.2 cm³/mol. The predicted octanol–water partition coefficient (Wildman–Crippen LogP) is 1.95. The van der Waals surface area contributed by atoms with Crippen LogP contribution in [0.1, 0.15) is 0 Å². The molecule has 0 rings (SSSR count). The molecule has 0 aromatic heterocycles. The summed E-state index contributed by atoms with van der Waals surface area (Å²) in [5.74, 6) is 0. The third-order valence-electron chi connectivity index (χ3n) is 0. The Labute approximate surface area is 39.0 Å². The van der Waals surface area contributed by atoms with Crippen LogP contribution in [0.3, 0.4) is 0 Å². The molecular weight excluding hydrogens is 257 g/mol. The Kier molecular flexibility index (Phi) is 1.83. The van der Waals surface area contributed by atoms with Gasteiger partial charge in [0, 0.05) is 0 Å². The van der Waals surface area contributed by atoms with Crippen molar-refractivity contribution < 1.29 is 0 Å². The van der Waals surface area contributed by atoms with Crippen molar-refractivity contribution in [2.75, 3.05) is 0 Å². The second kappa shape index (κ2) is 1.55. The Bertz CT molecular complexity index is 19.1. The van der Waals surface area contributed by atoms with Gasteiger partial charge in [0.05, 0.1) is 0 Å². The average Bonchev–Trinajstić information content (AvgIpc) is 0.722. The molecule has 0 aliphatic carbocycles. The zero-order valence-electron chi connectivity index (χ0n) is 4.45. The van der Waals surface area contributed by atoms with Crippen molar-refractivity contribution in [3.05, 3.63) is 0 Å². The fourth-order valence-corrected chi connectivity index (χ4v) is 0. The van der Waals surface area contributed by atoms with Crippen LogP contribution in [-0.4, -0.2) is 20.3 Å². The minimum absolute atomic E-state index is 1.22. The molecule has 1 radical (unpaired) electrons. The monoisotopic (exact) mass is 269 g/mol. The van der Waals surface area contributed by atoms with Gasteiger partial charge in [-0.25, -0.2) is 0 Å². The van der Waals surface area contributed by atoms with Gasteiger partial charge in [0.15, 0.2) is 0 Å². The fourth-order valence-electron chi connectivity index (χ4n) is 0. The van der Waals surface area contributed by atoms with E-state index in [-0.39, 0.29) is 0 Å². The Morgan fingerprint density at radius 2 is 0.800 bits per heavy atom. The summed E-state index contributed by atoms with van der Waals surface area (Å²) in [6, 6.07) is 0. The number of hydrogen-bond acceptors (Lipinski definition) is 0. The third-order valence-corrected chi connectivity index (χ3v) is 0. The number of rotatable bonds is 0. The van der Waals surface area contributed by atoms with E-state index in [1.165, 1.54) is 0 Å². The van der Waals surface area contributed by atoms with E-state index in [0.717, 1.165) is 0 Å². The molecule has 0 heterocycles. The van der Waals surface area contributed by atoms with Gasteiger partial charge in [0.25, 0.3) is 0 Å². The first-order chi connectivity index (χ1) is 2.00. The number of hydrogen-bond donors (Lipinski definition) is 0. The maximum atomic E-state index is 2.40. The van der Waals surface area contributed by atoms with Gasteiger partial charge in [-0.3, -0.25) is 0 Å². The van der Waals surface area contributed by atoms with Gasteiger partial charge < -0.3 is 0 Å². The van der Waals surface area contributed by atoms with E-state index in [1.807, 2.05) is 0 Å². The molecule has 0 amide bonds. The molecule has 0 aliphatic heterocycles. The Hall–Kier alpha value is 0.883. The van der Waals surface area contributed by atoms with Gasteiger partial charge in [-0.2, -0.15) is 0 Å². The van der Waals surface area contributed by atoms with Crippen LogP contribution in [0, 0.1) is 0 Å². The van der Waals surface area contributed by atoms with Crippen LogP contribution in [0.5, 0.6) is 0 Å². The van der Waals surface area contributed by atoms with Crippen LogP contribution >= 0.6 is 0 Å². The Morgan fingerprint density at radius 1 is 0.800 bits per heavy atom. The maximum absolute atomic E-state index is 2.40. The molecule has 0 saturated carbocycles. The summed E-state index contributed by atoms with van der Waals surface area (Å²) in [6.07, 6.45) is 0. The van der Waals surface area contributed by atoms with E-state index >= 15 is 0 Å². The van der Waals surface area contributed by atoms with Gasteiger partial charge in [-0.1, -0.05) is 0 Å². The van der Waals surface area contributed by atoms with Crippen molar-refractivity contribution in [1.29, 1.82) is 0 Å². The molecule has 0 unspecified atom stereocenters. The summed E-state index contributed by atoms with van der Waals surface area (Å²) >= 11 is -1.22. The van der Waals surface area contributed by atoms with Crippen molar-refractivity contribution in [3.63, 3.8) is 0 Å². The van der Waals surface area contributed by atoms with Crippen LogP contribution in [0.4, 0.5) is 0 Å². The van der Waals surface area contributed by atoms with Crippen LogP contribution in [0.15, 0.2) is 0 Å². The van der Waals surface area contributed by atoms with Crippen LogP contribution in [0.2, 0.25) is 18.5 Å². The molecule has 0 saturated heterocycles. The van der Waals surface area contributed by atoms with Gasteiger partial charge in [0.2, 0.25) is 0 Å². The van der Waals surface area contributed by atoms with E-state index in [2.05, 4.69) is 18.5 Å². The second-order valence-electron chi connectivity index (χ2n) is 2.68. The third kappa shape index (κ3) is 52.0. The molecule has 0 N–H and O–H groups in total. The van der Waals surface area contributed by atoms with E-state index in [1.54, 1.807) is 0 Å². The van der Waals surface area contributed by atoms with Crippen molar-refractivity contribution in [1.82, 2.24) is 0 Å². The van der Waals surface area contributed by atoms with Crippen LogP contribution < -0.4 is 0 Å². The average molecular weight is 269 g/mol. The van der Waals surface area contributed by atoms with Crippen LogP contribution in [-0.2, 0) is 0 Å². The zero-order valence-corrected chi connectivity index (χ0v) is 7.92. The summed E-state index contributed by atoms with van der Waals surface area (Å²) < 4.78 is 9.61. The molecule has 0 aromatic rings. The topological polar surface area (TPSA) is 0 Å². The molecule has 33 valence electrons. The first-order valence-corrected chi connectivity index (χ1v) is 15.7. The van der Waals surface area contributed by atoms with E-state index in [0.29, 0.717) is 0 Å². The molecule has 0 fully saturated rings. The zero-order chi connectivity index (χ0) is 4.50. The SMILES string of the molecule is [CH3][Bi]([CH3])([CH3])[CH3]. The fraction of sp³-hybridized carbons (Fsp3) is 1.00. The molecule has 0 spiro atoms. The Balaban J connectivity index is 3.02. The molecular formula is C4H12Bi. The molecule has 5 heavy (non-hydrogen) atoms. The molecule has 0 aliphatic rings.